The molecule has 0 spiro atoms. The molecule has 0 unspecified atom stereocenters. The average molecular weight is 297 g/mol. The van der Waals surface area contributed by atoms with Gasteiger partial charge in [-0.2, -0.15) is 5.26 Å². The van der Waals surface area contributed by atoms with Gasteiger partial charge in [0, 0.05) is 18.1 Å². The van der Waals surface area contributed by atoms with Crippen molar-refractivity contribution >= 4 is 15.9 Å². The molecule has 1 aromatic rings. The second-order valence-electron chi connectivity index (χ2n) is 4.36. The highest BCUT2D eigenvalue weighted by molar-refractivity contribution is 9.09. The molecule has 0 atom stereocenters. The highest BCUT2D eigenvalue weighted by Gasteiger charge is 1.98. The van der Waals surface area contributed by atoms with E-state index in [1.54, 1.807) is 0 Å². The molecule has 1 heterocycles. The highest BCUT2D eigenvalue weighted by atomic mass is 79.9. The summed E-state index contributed by atoms with van der Waals surface area (Å²) in [5.74, 6) is 0. The summed E-state index contributed by atoms with van der Waals surface area (Å²) >= 11 is 3.45. The Balaban J connectivity index is 2.00. The lowest BCUT2D eigenvalue weighted by Crippen LogP contribution is -1.98. The topological polar surface area (TPSA) is 28.7 Å². The van der Waals surface area contributed by atoms with Gasteiger partial charge >= 0.3 is 0 Å². The van der Waals surface area contributed by atoms with Crippen LogP contribution in [0.25, 0.3) is 0 Å². The van der Waals surface area contributed by atoms with Gasteiger partial charge in [-0.15, -0.1) is 0 Å². The Hall–Kier alpha value is -0.750. The molecule has 1 aromatic heterocycles. The summed E-state index contributed by atoms with van der Waals surface area (Å²) in [7, 11) is 0. The van der Waals surface area contributed by atoms with Gasteiger partial charge in [0.2, 0.25) is 0 Å². The summed E-state index contributed by atoms with van der Waals surface area (Å²) in [6.07, 6.45) is 11.1. The van der Waals surface area contributed by atoms with Gasteiger partial charge in [0.15, 0.2) is 0 Å². The van der Waals surface area contributed by atoms with E-state index in [0.29, 0.717) is 0 Å². The second-order valence-corrected chi connectivity index (χ2v) is 5.16. The number of hydrogen-bond donors (Lipinski definition) is 0. The van der Waals surface area contributed by atoms with Crippen molar-refractivity contribution in [3.63, 3.8) is 0 Å². The fraction of sp³-hybridized carbons (Fsp3) is 0.643. The minimum absolute atomic E-state index is 0.780. The molecule has 0 saturated heterocycles. The third-order valence-electron chi connectivity index (χ3n) is 2.98. The molecule has 0 amide bonds. The quantitative estimate of drug-likeness (QED) is 0.488. The zero-order chi connectivity index (χ0) is 12.3. The van der Waals surface area contributed by atoms with Gasteiger partial charge in [-0.05, 0) is 25.0 Å². The minimum atomic E-state index is 0.780. The Morgan fingerprint density at radius 2 is 1.71 bits per heavy atom. The molecule has 0 fully saturated rings. The van der Waals surface area contributed by atoms with Crippen LogP contribution in [0.4, 0.5) is 0 Å². The molecule has 0 aromatic carbocycles. The summed E-state index contributed by atoms with van der Waals surface area (Å²) in [5.41, 5.74) is 0.780. The first-order chi connectivity index (χ1) is 8.38. The Bertz CT molecular complexity index is 338. The molecule has 17 heavy (non-hydrogen) atoms. The van der Waals surface area contributed by atoms with Crippen molar-refractivity contribution in [3.8, 4) is 6.07 Å². The largest absolute Gasteiger partial charge is 0.339 e. The summed E-state index contributed by atoms with van der Waals surface area (Å²) < 4.78 is 2.05. The van der Waals surface area contributed by atoms with Crippen molar-refractivity contribution in [1.29, 1.82) is 5.26 Å². The van der Waals surface area contributed by atoms with Gasteiger partial charge in [-0.1, -0.05) is 48.0 Å². The number of unbranched alkanes of at least 4 members (excludes halogenated alkanes) is 6. The number of halogens is 1. The van der Waals surface area contributed by atoms with Crippen LogP contribution in [0.2, 0.25) is 0 Å². The Morgan fingerprint density at radius 3 is 2.35 bits per heavy atom. The lowest BCUT2D eigenvalue weighted by molar-refractivity contribution is 0.550. The normalized spacial score (nSPS) is 10.4. The SMILES string of the molecule is N#Cc1cccn1CCCCCCCCCBr. The minimum Gasteiger partial charge on any atom is -0.339 e. The van der Waals surface area contributed by atoms with Crippen molar-refractivity contribution in [2.75, 3.05) is 5.33 Å². The van der Waals surface area contributed by atoms with Crippen molar-refractivity contribution in [2.45, 2.75) is 51.5 Å². The number of alkyl halides is 1. The Morgan fingerprint density at radius 1 is 1.06 bits per heavy atom. The van der Waals surface area contributed by atoms with E-state index in [1.807, 2.05) is 22.9 Å². The number of aromatic nitrogens is 1. The van der Waals surface area contributed by atoms with Gasteiger partial charge < -0.3 is 4.57 Å². The van der Waals surface area contributed by atoms with E-state index in [1.165, 1.54) is 44.9 Å². The maximum absolute atomic E-state index is 8.86. The van der Waals surface area contributed by atoms with Crippen LogP contribution in [0.3, 0.4) is 0 Å². The van der Waals surface area contributed by atoms with Crippen molar-refractivity contribution in [3.05, 3.63) is 24.0 Å². The number of nitriles is 1. The van der Waals surface area contributed by atoms with Gasteiger partial charge in [-0.25, -0.2) is 0 Å². The zero-order valence-electron chi connectivity index (χ0n) is 10.4. The standard InChI is InChI=1S/C14H21BrN2/c15-10-6-4-2-1-3-5-7-11-17-12-8-9-14(17)13-16/h8-9,12H,1-7,10-11H2. The van der Waals surface area contributed by atoms with E-state index in [4.69, 9.17) is 5.26 Å². The van der Waals surface area contributed by atoms with Gasteiger partial charge in [0.25, 0.3) is 0 Å². The van der Waals surface area contributed by atoms with Crippen LogP contribution in [0.1, 0.15) is 50.6 Å². The van der Waals surface area contributed by atoms with E-state index < -0.39 is 0 Å². The van der Waals surface area contributed by atoms with Gasteiger partial charge in [0.1, 0.15) is 11.8 Å². The van der Waals surface area contributed by atoms with E-state index in [2.05, 4.69) is 22.0 Å². The Labute approximate surface area is 113 Å². The first kappa shape index (κ1) is 14.3. The van der Waals surface area contributed by atoms with E-state index in [-0.39, 0.29) is 0 Å². The highest BCUT2D eigenvalue weighted by Crippen LogP contribution is 2.10. The number of hydrogen-bond acceptors (Lipinski definition) is 1. The average Bonchev–Trinajstić information content (AvgIpc) is 2.80. The molecular formula is C14H21BrN2. The Kier molecular flexibility index (Phi) is 7.83. The molecular weight excluding hydrogens is 276 g/mol. The van der Waals surface area contributed by atoms with Gasteiger partial charge in [0.05, 0.1) is 0 Å². The van der Waals surface area contributed by atoms with Crippen molar-refractivity contribution < 1.29 is 0 Å². The summed E-state index contributed by atoms with van der Waals surface area (Å²) in [6.45, 7) is 0.983. The molecule has 0 bridgehead atoms. The maximum atomic E-state index is 8.86. The molecule has 0 radical (unpaired) electrons. The molecule has 0 saturated carbocycles. The fourth-order valence-corrected chi connectivity index (χ4v) is 2.37. The van der Waals surface area contributed by atoms with Gasteiger partial charge in [-0.3, -0.25) is 0 Å². The molecule has 0 aliphatic rings. The van der Waals surface area contributed by atoms with Crippen LogP contribution in [0, 0.1) is 11.3 Å². The van der Waals surface area contributed by atoms with Crippen LogP contribution in [0.15, 0.2) is 18.3 Å². The second kappa shape index (κ2) is 9.30. The van der Waals surface area contributed by atoms with Crippen LogP contribution in [-0.2, 0) is 6.54 Å². The fourth-order valence-electron chi connectivity index (χ4n) is 1.97. The molecule has 1 rings (SSSR count). The predicted octanol–water partition coefficient (Wildman–Crippen LogP) is 4.49. The maximum Gasteiger partial charge on any atom is 0.120 e. The summed E-state index contributed by atoms with van der Waals surface area (Å²) in [6, 6.07) is 6.03. The zero-order valence-corrected chi connectivity index (χ0v) is 12.0. The first-order valence-corrected chi connectivity index (χ1v) is 7.62. The number of aryl methyl sites for hydroxylation is 1. The van der Waals surface area contributed by atoms with Crippen LogP contribution < -0.4 is 0 Å². The molecule has 0 aliphatic carbocycles. The van der Waals surface area contributed by atoms with E-state index >= 15 is 0 Å². The van der Waals surface area contributed by atoms with Crippen molar-refractivity contribution in [1.82, 2.24) is 4.57 Å². The first-order valence-electron chi connectivity index (χ1n) is 6.49. The molecule has 2 nitrogen and oxygen atoms in total. The molecule has 0 aliphatic heterocycles. The molecule has 94 valence electrons. The van der Waals surface area contributed by atoms with E-state index in [0.717, 1.165) is 17.6 Å². The van der Waals surface area contributed by atoms with Crippen LogP contribution in [0.5, 0.6) is 0 Å². The number of nitrogens with zero attached hydrogens (tertiary/aromatic N) is 2. The van der Waals surface area contributed by atoms with Crippen LogP contribution >= 0.6 is 15.9 Å². The lowest BCUT2D eigenvalue weighted by Gasteiger charge is -2.04. The summed E-state index contributed by atoms with van der Waals surface area (Å²) in [5, 5.41) is 9.99. The molecule has 3 heteroatoms. The third kappa shape index (κ3) is 5.93. The summed E-state index contributed by atoms with van der Waals surface area (Å²) in [4.78, 5) is 0. The predicted molar refractivity (Wildman–Crippen MR) is 75.3 cm³/mol. The molecule has 0 N–H and O–H groups in total. The smallest absolute Gasteiger partial charge is 0.120 e. The van der Waals surface area contributed by atoms with E-state index in [9.17, 15) is 0 Å². The monoisotopic (exact) mass is 296 g/mol. The third-order valence-corrected chi connectivity index (χ3v) is 3.54. The van der Waals surface area contributed by atoms with Crippen LogP contribution in [-0.4, -0.2) is 9.90 Å². The van der Waals surface area contributed by atoms with Crippen molar-refractivity contribution in [2.24, 2.45) is 0 Å². The lowest BCUT2D eigenvalue weighted by atomic mass is 10.1. The number of rotatable bonds is 9.